The molecule has 0 amide bonds. The molecule has 18 heavy (non-hydrogen) atoms. The Morgan fingerprint density at radius 2 is 1.94 bits per heavy atom. The summed E-state index contributed by atoms with van der Waals surface area (Å²) in [5, 5.41) is 0.255. The number of hydrogen-bond donors (Lipinski definition) is 0. The van der Waals surface area contributed by atoms with E-state index in [9.17, 15) is 4.79 Å². The van der Waals surface area contributed by atoms with Crippen LogP contribution in [-0.2, 0) is 9.22 Å². The van der Waals surface area contributed by atoms with Gasteiger partial charge in [0.05, 0.1) is 0 Å². The molecule has 2 fully saturated rings. The fraction of sp³-hybridized carbons (Fsp3) is 0.933. The van der Waals surface area contributed by atoms with E-state index in [1.807, 2.05) is 0 Å². The van der Waals surface area contributed by atoms with Crippen LogP contribution in [0.5, 0.6) is 0 Å². The van der Waals surface area contributed by atoms with Gasteiger partial charge in [0.15, 0.2) is 8.32 Å². The molecule has 2 bridgehead atoms. The smallest absolute Gasteiger partial charge is 0.192 e. The van der Waals surface area contributed by atoms with Gasteiger partial charge < -0.3 is 4.43 Å². The number of hydrogen-bond acceptors (Lipinski definition) is 2. The van der Waals surface area contributed by atoms with Crippen molar-refractivity contribution in [2.45, 2.75) is 65.1 Å². The average molecular weight is 268 g/mol. The monoisotopic (exact) mass is 268 g/mol. The van der Waals surface area contributed by atoms with E-state index >= 15 is 0 Å². The van der Waals surface area contributed by atoms with E-state index in [1.54, 1.807) is 0 Å². The normalized spacial score (nSPS) is 36.4. The van der Waals surface area contributed by atoms with Gasteiger partial charge in [-0.05, 0) is 36.9 Å². The summed E-state index contributed by atoms with van der Waals surface area (Å²) in [6, 6.07) is 0. The predicted octanol–water partition coefficient (Wildman–Crippen LogP) is 4.01. The van der Waals surface area contributed by atoms with Gasteiger partial charge in [0.2, 0.25) is 0 Å². The van der Waals surface area contributed by atoms with Gasteiger partial charge in [0, 0.05) is 24.4 Å². The van der Waals surface area contributed by atoms with Gasteiger partial charge in [-0.15, -0.1) is 0 Å². The first-order valence-electron chi connectivity index (χ1n) is 7.24. The second kappa shape index (κ2) is 4.17. The molecule has 0 aromatic rings. The van der Waals surface area contributed by atoms with Crippen molar-refractivity contribution in [3.05, 3.63) is 0 Å². The highest BCUT2D eigenvalue weighted by atomic mass is 28.4. The van der Waals surface area contributed by atoms with E-state index in [1.165, 1.54) is 6.42 Å². The molecular weight excluding hydrogens is 240 g/mol. The maximum Gasteiger partial charge on any atom is 0.192 e. The maximum absolute atomic E-state index is 11.9. The van der Waals surface area contributed by atoms with Crippen LogP contribution in [0.1, 0.15) is 47.0 Å². The van der Waals surface area contributed by atoms with E-state index in [0.717, 1.165) is 19.4 Å². The maximum atomic E-state index is 11.9. The van der Waals surface area contributed by atoms with Gasteiger partial charge in [-0.25, -0.2) is 0 Å². The summed E-state index contributed by atoms with van der Waals surface area (Å²) in [6.45, 7) is 14.5. The molecule has 0 aromatic heterocycles. The lowest BCUT2D eigenvalue weighted by Gasteiger charge is -2.40. The lowest BCUT2D eigenvalue weighted by atomic mass is 9.80. The molecule has 2 saturated carbocycles. The van der Waals surface area contributed by atoms with Gasteiger partial charge >= 0.3 is 0 Å². The second-order valence-electron chi connectivity index (χ2n) is 8.05. The van der Waals surface area contributed by atoms with Crippen LogP contribution in [0.25, 0.3) is 0 Å². The quantitative estimate of drug-likeness (QED) is 0.723. The van der Waals surface area contributed by atoms with Gasteiger partial charge in [0.25, 0.3) is 0 Å². The van der Waals surface area contributed by atoms with Crippen LogP contribution >= 0.6 is 0 Å². The molecule has 0 aliphatic heterocycles. The highest BCUT2D eigenvalue weighted by Crippen LogP contribution is 2.56. The topological polar surface area (TPSA) is 26.3 Å². The predicted molar refractivity (Wildman–Crippen MR) is 77.1 cm³/mol. The summed E-state index contributed by atoms with van der Waals surface area (Å²) in [5.41, 5.74) is 0.132. The Hall–Kier alpha value is -0.153. The minimum atomic E-state index is -1.68. The van der Waals surface area contributed by atoms with E-state index in [-0.39, 0.29) is 16.4 Å². The fourth-order valence-corrected chi connectivity index (χ4v) is 4.44. The first-order valence-corrected chi connectivity index (χ1v) is 10.2. The molecule has 2 nitrogen and oxygen atoms in total. The van der Waals surface area contributed by atoms with E-state index in [0.29, 0.717) is 11.7 Å². The fourth-order valence-electron chi connectivity index (χ4n) is 3.33. The first kappa shape index (κ1) is 14.3. The van der Waals surface area contributed by atoms with Crippen molar-refractivity contribution >= 4 is 14.1 Å². The molecule has 2 aliphatic carbocycles. The third-order valence-electron chi connectivity index (χ3n) is 5.92. The molecule has 104 valence electrons. The summed E-state index contributed by atoms with van der Waals surface area (Å²) in [6.07, 6.45) is 3.14. The first-order chi connectivity index (χ1) is 8.08. The van der Waals surface area contributed by atoms with Gasteiger partial charge in [-0.2, -0.15) is 0 Å². The van der Waals surface area contributed by atoms with Gasteiger partial charge in [0.1, 0.15) is 5.78 Å². The molecule has 0 aromatic carbocycles. The van der Waals surface area contributed by atoms with Crippen LogP contribution in [0.3, 0.4) is 0 Å². The Kier molecular flexibility index (Phi) is 3.30. The van der Waals surface area contributed by atoms with Crippen LogP contribution in [0.2, 0.25) is 18.1 Å². The average Bonchev–Trinajstić information content (AvgIpc) is 2.65. The molecule has 0 heterocycles. The number of rotatable bonds is 3. The number of Topliss-reactive ketones (excluding diaryl/α,β-unsaturated/α-hetero) is 1. The zero-order valence-electron chi connectivity index (χ0n) is 12.8. The molecule has 2 aliphatic rings. The highest BCUT2D eigenvalue weighted by Gasteiger charge is 2.56. The highest BCUT2D eigenvalue weighted by molar-refractivity contribution is 6.74. The molecule has 0 saturated heterocycles. The Balaban J connectivity index is 2.05. The van der Waals surface area contributed by atoms with Crippen LogP contribution in [-0.4, -0.2) is 20.7 Å². The summed E-state index contributed by atoms with van der Waals surface area (Å²) in [5.74, 6) is 1.36. The summed E-state index contributed by atoms with van der Waals surface area (Å²) in [7, 11) is -1.68. The van der Waals surface area contributed by atoms with Crippen molar-refractivity contribution in [1.29, 1.82) is 0 Å². The number of ketones is 1. The number of carbonyl (C=O) groups is 1. The molecule has 0 N–H and O–H groups in total. The number of carbonyl (C=O) groups excluding carboxylic acids is 1. The Labute approximate surface area is 113 Å². The molecule has 0 unspecified atom stereocenters. The Morgan fingerprint density at radius 1 is 1.33 bits per heavy atom. The van der Waals surface area contributed by atoms with Crippen molar-refractivity contribution in [2.75, 3.05) is 6.61 Å². The van der Waals surface area contributed by atoms with Crippen molar-refractivity contribution < 1.29 is 9.22 Å². The zero-order valence-corrected chi connectivity index (χ0v) is 13.8. The van der Waals surface area contributed by atoms with Crippen molar-refractivity contribution in [3.8, 4) is 0 Å². The molecule has 2 rings (SSSR count). The molecule has 3 heteroatoms. The van der Waals surface area contributed by atoms with Gasteiger partial charge in [-0.1, -0.05) is 27.7 Å². The van der Waals surface area contributed by atoms with Crippen LogP contribution < -0.4 is 0 Å². The van der Waals surface area contributed by atoms with E-state index in [2.05, 4.69) is 40.8 Å². The second-order valence-corrected chi connectivity index (χ2v) is 12.9. The third-order valence-corrected chi connectivity index (χ3v) is 10.4. The SMILES string of the molecule is CC(C)(C)[Si](C)(C)OC[C@]1(C)[C@H]2CC[C@H]1C(=O)C2. The zero-order chi connectivity index (χ0) is 13.8. The third kappa shape index (κ3) is 2.09. The summed E-state index contributed by atoms with van der Waals surface area (Å²) >= 11 is 0. The van der Waals surface area contributed by atoms with E-state index in [4.69, 9.17) is 4.43 Å². The van der Waals surface area contributed by atoms with Crippen molar-refractivity contribution in [1.82, 2.24) is 0 Å². The molecule has 0 radical (unpaired) electrons. The molecule has 3 atom stereocenters. The Morgan fingerprint density at radius 3 is 2.33 bits per heavy atom. The van der Waals surface area contributed by atoms with Crippen LogP contribution in [0.4, 0.5) is 0 Å². The number of fused-ring (bicyclic) bond motifs is 2. The van der Waals surface area contributed by atoms with Crippen LogP contribution in [0.15, 0.2) is 0 Å². The van der Waals surface area contributed by atoms with Crippen LogP contribution in [0, 0.1) is 17.3 Å². The summed E-state index contributed by atoms with van der Waals surface area (Å²) < 4.78 is 6.40. The minimum Gasteiger partial charge on any atom is -0.416 e. The van der Waals surface area contributed by atoms with Crippen molar-refractivity contribution in [3.63, 3.8) is 0 Å². The lowest BCUT2D eigenvalue weighted by molar-refractivity contribution is -0.122. The lowest BCUT2D eigenvalue weighted by Crippen LogP contribution is -2.44. The molecular formula is C15H28O2Si. The van der Waals surface area contributed by atoms with E-state index < -0.39 is 8.32 Å². The molecule has 0 spiro atoms. The largest absolute Gasteiger partial charge is 0.416 e. The summed E-state index contributed by atoms with van der Waals surface area (Å²) in [4.78, 5) is 11.9. The van der Waals surface area contributed by atoms with Gasteiger partial charge in [-0.3, -0.25) is 4.79 Å². The standard InChI is InChI=1S/C15H28O2Si/c1-14(2,3)18(5,6)17-10-15(4)11-7-8-12(15)13(16)9-11/h11-12H,7-10H2,1-6H3/t11-,12-,15+/m0/s1. The Bertz CT molecular complexity index is 356. The minimum absolute atomic E-state index is 0.132. The van der Waals surface area contributed by atoms with Crippen molar-refractivity contribution in [2.24, 2.45) is 17.3 Å².